The van der Waals surface area contributed by atoms with Gasteiger partial charge in [-0.3, -0.25) is 0 Å². The summed E-state index contributed by atoms with van der Waals surface area (Å²) in [6.45, 7) is 3.59. The number of hydrogen-bond donors (Lipinski definition) is 1. The lowest BCUT2D eigenvalue weighted by Crippen LogP contribution is -2.43. The molecule has 0 bridgehead atoms. The third-order valence-electron chi connectivity index (χ3n) is 3.20. The van der Waals surface area contributed by atoms with Crippen LogP contribution in [0.1, 0.15) is 25.3 Å². The molecule has 1 N–H and O–H groups in total. The second kappa shape index (κ2) is 3.81. The first-order chi connectivity index (χ1) is 7.54. The van der Waals surface area contributed by atoms with Gasteiger partial charge in [0.25, 0.3) is 0 Å². The van der Waals surface area contributed by atoms with Crippen molar-refractivity contribution in [3.8, 4) is 5.75 Å². The minimum atomic E-state index is -1.08. The lowest BCUT2D eigenvalue weighted by molar-refractivity contribution is -0.155. The normalized spacial score (nSPS) is 18.9. The standard InChI is InChI=1S/C13H16O3/c1-9-5-3-4-6-11(9)16-13(2,12(14)15)10-7-8-10/h3-6,10H,7-8H2,1-2H3,(H,14,15). The molecule has 3 nitrogen and oxygen atoms in total. The van der Waals surface area contributed by atoms with Crippen molar-refractivity contribution in [3.63, 3.8) is 0 Å². The van der Waals surface area contributed by atoms with Gasteiger partial charge in [0.2, 0.25) is 5.60 Å². The van der Waals surface area contributed by atoms with Crippen molar-refractivity contribution < 1.29 is 14.6 Å². The predicted octanol–water partition coefficient (Wildman–Crippen LogP) is 2.63. The molecule has 1 saturated carbocycles. The van der Waals surface area contributed by atoms with Crippen LogP contribution in [0.5, 0.6) is 5.75 Å². The van der Waals surface area contributed by atoms with Crippen LogP contribution in [0.2, 0.25) is 0 Å². The molecule has 0 amide bonds. The van der Waals surface area contributed by atoms with Crippen LogP contribution in [-0.4, -0.2) is 16.7 Å². The Labute approximate surface area is 95.0 Å². The maximum atomic E-state index is 11.3. The average molecular weight is 220 g/mol. The highest BCUT2D eigenvalue weighted by atomic mass is 16.5. The minimum Gasteiger partial charge on any atom is -0.478 e. The highest BCUT2D eigenvalue weighted by Gasteiger charge is 2.50. The van der Waals surface area contributed by atoms with E-state index < -0.39 is 11.6 Å². The van der Waals surface area contributed by atoms with Crippen LogP contribution in [0.3, 0.4) is 0 Å². The third kappa shape index (κ3) is 1.90. The molecule has 0 radical (unpaired) electrons. The topological polar surface area (TPSA) is 46.5 Å². The molecule has 0 saturated heterocycles. The maximum absolute atomic E-state index is 11.3. The van der Waals surface area contributed by atoms with E-state index in [1.807, 2.05) is 31.2 Å². The van der Waals surface area contributed by atoms with Gasteiger partial charge in [-0.05, 0) is 38.3 Å². The molecule has 3 heteroatoms. The van der Waals surface area contributed by atoms with Gasteiger partial charge in [0, 0.05) is 5.92 Å². The zero-order chi connectivity index (χ0) is 11.8. The van der Waals surface area contributed by atoms with E-state index in [4.69, 9.17) is 4.74 Å². The first kappa shape index (κ1) is 11.0. The number of benzene rings is 1. The Morgan fingerprint density at radius 3 is 2.56 bits per heavy atom. The van der Waals surface area contributed by atoms with Crippen LogP contribution in [-0.2, 0) is 4.79 Å². The molecule has 1 aromatic rings. The fourth-order valence-corrected chi connectivity index (χ4v) is 1.84. The Bertz CT molecular complexity index is 409. The van der Waals surface area contributed by atoms with Crippen molar-refractivity contribution >= 4 is 5.97 Å². The molecule has 1 atom stereocenters. The zero-order valence-electron chi connectivity index (χ0n) is 9.56. The second-order valence-corrected chi connectivity index (χ2v) is 4.55. The largest absolute Gasteiger partial charge is 0.478 e. The summed E-state index contributed by atoms with van der Waals surface area (Å²) in [4.78, 5) is 11.3. The highest BCUT2D eigenvalue weighted by molar-refractivity contribution is 5.78. The average Bonchev–Trinajstić information content (AvgIpc) is 3.04. The van der Waals surface area contributed by atoms with E-state index in [-0.39, 0.29) is 5.92 Å². The monoisotopic (exact) mass is 220 g/mol. The zero-order valence-corrected chi connectivity index (χ0v) is 9.56. The lowest BCUT2D eigenvalue weighted by Gasteiger charge is -2.27. The lowest BCUT2D eigenvalue weighted by atomic mass is 10.0. The number of ether oxygens (including phenoxy) is 1. The molecule has 0 heterocycles. The number of rotatable bonds is 4. The van der Waals surface area contributed by atoms with Crippen molar-refractivity contribution in [3.05, 3.63) is 29.8 Å². The Hall–Kier alpha value is -1.51. The van der Waals surface area contributed by atoms with E-state index in [9.17, 15) is 9.90 Å². The summed E-state index contributed by atoms with van der Waals surface area (Å²) >= 11 is 0. The molecule has 1 aromatic carbocycles. The van der Waals surface area contributed by atoms with Gasteiger partial charge < -0.3 is 9.84 Å². The van der Waals surface area contributed by atoms with Gasteiger partial charge in [-0.25, -0.2) is 4.79 Å². The summed E-state index contributed by atoms with van der Waals surface area (Å²) in [6, 6.07) is 7.51. The number of aliphatic carboxylic acids is 1. The number of carboxylic acids is 1. The summed E-state index contributed by atoms with van der Waals surface area (Å²) < 4.78 is 5.72. The molecule has 16 heavy (non-hydrogen) atoms. The fraction of sp³-hybridized carbons (Fsp3) is 0.462. The molecule has 1 unspecified atom stereocenters. The molecule has 1 aliphatic carbocycles. The van der Waals surface area contributed by atoms with E-state index in [0.717, 1.165) is 18.4 Å². The van der Waals surface area contributed by atoms with Gasteiger partial charge in [0.05, 0.1) is 0 Å². The maximum Gasteiger partial charge on any atom is 0.348 e. The number of carbonyl (C=O) groups is 1. The molecule has 0 aromatic heterocycles. The molecular formula is C13H16O3. The van der Waals surface area contributed by atoms with Crippen LogP contribution in [0.25, 0.3) is 0 Å². The number of para-hydroxylation sites is 1. The Morgan fingerprint density at radius 2 is 2.06 bits per heavy atom. The van der Waals surface area contributed by atoms with Crippen molar-refractivity contribution in [2.75, 3.05) is 0 Å². The van der Waals surface area contributed by atoms with E-state index in [1.54, 1.807) is 6.92 Å². The minimum absolute atomic E-state index is 0.143. The first-order valence-corrected chi connectivity index (χ1v) is 5.52. The molecule has 2 rings (SSSR count). The van der Waals surface area contributed by atoms with Gasteiger partial charge in [-0.1, -0.05) is 18.2 Å². The molecule has 0 aliphatic heterocycles. The fourth-order valence-electron chi connectivity index (χ4n) is 1.84. The highest BCUT2D eigenvalue weighted by Crippen LogP contribution is 2.42. The van der Waals surface area contributed by atoms with Crippen molar-refractivity contribution in [2.45, 2.75) is 32.3 Å². The van der Waals surface area contributed by atoms with Crippen LogP contribution < -0.4 is 4.74 Å². The summed E-state index contributed by atoms with van der Waals surface area (Å²) in [5, 5.41) is 9.27. The van der Waals surface area contributed by atoms with Gasteiger partial charge >= 0.3 is 5.97 Å². The van der Waals surface area contributed by atoms with Crippen LogP contribution in [0.15, 0.2) is 24.3 Å². The van der Waals surface area contributed by atoms with Crippen molar-refractivity contribution in [1.82, 2.24) is 0 Å². The third-order valence-corrected chi connectivity index (χ3v) is 3.20. The molecule has 1 aliphatic rings. The number of hydrogen-bond acceptors (Lipinski definition) is 2. The summed E-state index contributed by atoms with van der Waals surface area (Å²) in [6.07, 6.45) is 1.88. The van der Waals surface area contributed by atoms with E-state index in [0.29, 0.717) is 5.75 Å². The Kier molecular flexibility index (Phi) is 2.62. The first-order valence-electron chi connectivity index (χ1n) is 5.52. The Balaban J connectivity index is 2.24. The van der Waals surface area contributed by atoms with E-state index in [2.05, 4.69) is 0 Å². The quantitative estimate of drug-likeness (QED) is 0.848. The van der Waals surface area contributed by atoms with Crippen molar-refractivity contribution in [2.24, 2.45) is 5.92 Å². The van der Waals surface area contributed by atoms with E-state index >= 15 is 0 Å². The van der Waals surface area contributed by atoms with Gasteiger partial charge in [-0.2, -0.15) is 0 Å². The smallest absolute Gasteiger partial charge is 0.348 e. The predicted molar refractivity (Wildman–Crippen MR) is 60.6 cm³/mol. The summed E-state index contributed by atoms with van der Waals surface area (Å²) in [5.74, 6) is -0.0674. The number of aryl methyl sites for hydroxylation is 1. The molecule has 1 fully saturated rings. The van der Waals surface area contributed by atoms with Crippen LogP contribution >= 0.6 is 0 Å². The molecule has 0 spiro atoms. The molecule has 86 valence electrons. The van der Waals surface area contributed by atoms with Gasteiger partial charge in [0.1, 0.15) is 5.75 Å². The SMILES string of the molecule is Cc1ccccc1OC(C)(C(=O)O)C1CC1. The number of carboxylic acid groups (broad SMARTS) is 1. The van der Waals surface area contributed by atoms with Crippen LogP contribution in [0.4, 0.5) is 0 Å². The second-order valence-electron chi connectivity index (χ2n) is 4.55. The van der Waals surface area contributed by atoms with Gasteiger partial charge in [-0.15, -0.1) is 0 Å². The molecular weight excluding hydrogens is 204 g/mol. The van der Waals surface area contributed by atoms with Crippen molar-refractivity contribution in [1.29, 1.82) is 0 Å². The van der Waals surface area contributed by atoms with Crippen LogP contribution in [0, 0.1) is 12.8 Å². The van der Waals surface area contributed by atoms with E-state index in [1.165, 1.54) is 0 Å². The van der Waals surface area contributed by atoms with Gasteiger partial charge in [0.15, 0.2) is 0 Å². The Morgan fingerprint density at radius 1 is 1.44 bits per heavy atom. The summed E-state index contributed by atoms with van der Waals surface area (Å²) in [5.41, 5.74) is -0.109. The summed E-state index contributed by atoms with van der Waals surface area (Å²) in [7, 11) is 0.